The van der Waals surface area contributed by atoms with Crippen LogP contribution in [0.3, 0.4) is 0 Å². The largest absolute Gasteiger partial charge is 0.493 e. The molecule has 3 fully saturated rings. The summed E-state index contributed by atoms with van der Waals surface area (Å²) in [5, 5.41) is 3.40. The second-order valence-corrected chi connectivity index (χ2v) is 11.0. The van der Waals surface area contributed by atoms with Gasteiger partial charge in [-0.25, -0.2) is 0 Å². The van der Waals surface area contributed by atoms with E-state index in [1.54, 1.807) is 20.3 Å². The van der Waals surface area contributed by atoms with Gasteiger partial charge in [0, 0.05) is 30.0 Å². The molecule has 7 unspecified atom stereocenters. The Labute approximate surface area is 195 Å². The number of benzene rings is 1. The first-order valence-corrected chi connectivity index (χ1v) is 12.2. The van der Waals surface area contributed by atoms with Crippen LogP contribution in [0.15, 0.2) is 24.8 Å². The van der Waals surface area contributed by atoms with E-state index < -0.39 is 11.0 Å². The smallest absolute Gasteiger partial charge is 0.223 e. The molecule has 1 aromatic rings. The Morgan fingerprint density at radius 2 is 2.06 bits per heavy atom. The highest BCUT2D eigenvalue weighted by Gasteiger charge is 2.74. The van der Waals surface area contributed by atoms with Gasteiger partial charge in [-0.3, -0.25) is 4.79 Å². The van der Waals surface area contributed by atoms with Crippen LogP contribution in [0.25, 0.3) is 0 Å². The number of methoxy groups -OCH3 is 2. The lowest BCUT2D eigenvalue weighted by Crippen LogP contribution is -2.73. The van der Waals surface area contributed by atoms with Crippen LogP contribution in [-0.4, -0.2) is 44.2 Å². The summed E-state index contributed by atoms with van der Waals surface area (Å²) in [4.78, 5) is 25.4. The second-order valence-electron chi connectivity index (χ2n) is 11.0. The van der Waals surface area contributed by atoms with Crippen molar-refractivity contribution in [1.29, 1.82) is 0 Å². The fraction of sp³-hybridized carbons (Fsp3) is 0.630. The van der Waals surface area contributed by atoms with E-state index in [0.29, 0.717) is 6.42 Å². The van der Waals surface area contributed by atoms with E-state index in [-0.39, 0.29) is 41.2 Å². The van der Waals surface area contributed by atoms with Crippen LogP contribution in [0.4, 0.5) is 0 Å². The molecule has 0 radical (unpaired) electrons. The van der Waals surface area contributed by atoms with Crippen LogP contribution >= 0.6 is 0 Å². The van der Waals surface area contributed by atoms with Crippen molar-refractivity contribution in [1.82, 2.24) is 5.32 Å². The lowest BCUT2D eigenvalue weighted by molar-refractivity contribution is -0.204. The van der Waals surface area contributed by atoms with Gasteiger partial charge in [-0.2, -0.15) is 0 Å². The first kappa shape index (κ1) is 21.2. The summed E-state index contributed by atoms with van der Waals surface area (Å²) in [7, 11) is 3.33. The lowest BCUT2D eigenvalue weighted by atomic mass is 9.41. The van der Waals surface area contributed by atoms with E-state index in [2.05, 4.69) is 18.0 Å². The molecule has 176 valence electrons. The second kappa shape index (κ2) is 6.84. The first-order chi connectivity index (χ1) is 15.9. The monoisotopic (exact) mass is 451 g/mol. The van der Waals surface area contributed by atoms with Gasteiger partial charge in [0.1, 0.15) is 18.0 Å². The first-order valence-electron chi connectivity index (χ1n) is 12.2. The number of ether oxygens (including phenoxy) is 3. The van der Waals surface area contributed by atoms with E-state index in [1.807, 2.05) is 13.0 Å². The molecular weight excluding hydrogens is 418 g/mol. The Hall–Kier alpha value is -2.34. The van der Waals surface area contributed by atoms with Crippen molar-refractivity contribution >= 4 is 12.2 Å². The summed E-state index contributed by atoms with van der Waals surface area (Å²) < 4.78 is 18.7. The van der Waals surface area contributed by atoms with Crippen LogP contribution < -0.4 is 14.8 Å². The molecule has 1 amide bonds. The molecule has 3 saturated carbocycles. The lowest BCUT2D eigenvalue weighted by Gasteiger charge is -2.64. The van der Waals surface area contributed by atoms with E-state index >= 15 is 0 Å². The summed E-state index contributed by atoms with van der Waals surface area (Å²) >= 11 is 0. The van der Waals surface area contributed by atoms with Gasteiger partial charge < -0.3 is 24.3 Å². The third-order valence-corrected chi connectivity index (χ3v) is 9.72. The Balaban J connectivity index is 1.54. The van der Waals surface area contributed by atoms with Gasteiger partial charge in [-0.1, -0.05) is 12.1 Å². The normalized spacial score (nSPS) is 42.0. The molecule has 0 saturated heterocycles. The van der Waals surface area contributed by atoms with Crippen LogP contribution in [0.2, 0.25) is 0 Å². The van der Waals surface area contributed by atoms with Gasteiger partial charge in [0.2, 0.25) is 5.91 Å². The molecule has 2 bridgehead atoms. The molecule has 6 heteroatoms. The van der Waals surface area contributed by atoms with Gasteiger partial charge in [-0.05, 0) is 68.9 Å². The topological polar surface area (TPSA) is 73.9 Å². The molecule has 33 heavy (non-hydrogen) atoms. The highest BCUT2D eigenvalue weighted by molar-refractivity contribution is 5.81. The number of amides is 1. The number of carbonyl (C=O) groups is 2. The average Bonchev–Trinajstić information content (AvgIpc) is 3.61. The molecule has 1 aromatic carbocycles. The number of hydrogen-bond acceptors (Lipinski definition) is 5. The van der Waals surface area contributed by atoms with Crippen molar-refractivity contribution in [2.24, 2.45) is 23.2 Å². The summed E-state index contributed by atoms with van der Waals surface area (Å²) in [5.41, 5.74) is 0.448. The predicted octanol–water partition coefficient (Wildman–Crippen LogP) is 3.35. The van der Waals surface area contributed by atoms with E-state index in [1.165, 1.54) is 11.1 Å². The predicted molar refractivity (Wildman–Crippen MR) is 122 cm³/mol. The molecule has 1 spiro atoms. The Morgan fingerprint density at radius 1 is 1.27 bits per heavy atom. The molecule has 1 aliphatic heterocycles. The van der Waals surface area contributed by atoms with Gasteiger partial charge in [0.05, 0.1) is 12.5 Å². The molecule has 1 heterocycles. The maximum atomic E-state index is 12.7. The van der Waals surface area contributed by atoms with Crippen LogP contribution in [0.5, 0.6) is 11.5 Å². The summed E-state index contributed by atoms with van der Waals surface area (Å²) in [6.45, 7) is 6.11. The van der Waals surface area contributed by atoms with Gasteiger partial charge >= 0.3 is 0 Å². The molecule has 7 atom stereocenters. The quantitative estimate of drug-likeness (QED) is 0.530. The van der Waals surface area contributed by atoms with Gasteiger partial charge in [0.25, 0.3) is 0 Å². The zero-order valence-corrected chi connectivity index (χ0v) is 19.7. The third-order valence-electron chi connectivity index (χ3n) is 9.72. The van der Waals surface area contributed by atoms with Gasteiger partial charge in [0.15, 0.2) is 11.5 Å². The number of nitrogens with one attached hydrogen (secondary N) is 1. The van der Waals surface area contributed by atoms with Crippen molar-refractivity contribution < 1.29 is 23.8 Å². The van der Waals surface area contributed by atoms with Crippen LogP contribution in [-0.2, 0) is 26.2 Å². The maximum Gasteiger partial charge on any atom is 0.223 e. The van der Waals surface area contributed by atoms with Crippen LogP contribution in [0.1, 0.15) is 50.2 Å². The zero-order chi connectivity index (χ0) is 23.2. The van der Waals surface area contributed by atoms with E-state index in [4.69, 9.17) is 14.2 Å². The Kier molecular flexibility index (Phi) is 4.40. The molecule has 4 aliphatic carbocycles. The Bertz CT molecular complexity index is 1050. The molecule has 5 aliphatic rings. The Morgan fingerprint density at radius 3 is 2.70 bits per heavy atom. The zero-order valence-electron chi connectivity index (χ0n) is 19.7. The number of carbonyl (C=O) groups excluding carboxylic acids is 2. The molecular formula is C27H33NO5. The minimum atomic E-state index is -0.960. The summed E-state index contributed by atoms with van der Waals surface area (Å²) in [6, 6.07) is 4.26. The highest BCUT2D eigenvalue weighted by Crippen LogP contribution is 2.70. The molecule has 6 nitrogen and oxygen atoms in total. The molecule has 6 rings (SSSR count). The fourth-order valence-corrected chi connectivity index (χ4v) is 8.00. The highest BCUT2D eigenvalue weighted by atomic mass is 16.6. The van der Waals surface area contributed by atoms with Crippen molar-refractivity contribution in [2.75, 3.05) is 14.2 Å². The van der Waals surface area contributed by atoms with E-state index in [9.17, 15) is 9.59 Å². The standard InChI is InChI=1S/C27H33NO5/c1-5-27(32-4)24-26-11-10-19(28-23(30)15-6-7-15)17(18(26)13-25(27,2)14-29)12-16-8-9-20(31-3)22(33-24)21(16)26/h5,8-9,14-15,17-19,24H,1,6-7,10-13H2,2-4H3,(H,28,30). The van der Waals surface area contributed by atoms with Crippen molar-refractivity contribution in [3.8, 4) is 11.5 Å². The number of rotatable bonds is 6. The number of aldehydes is 1. The SMILES string of the molecule is C=CC1(OC)C2Oc3c(OC)ccc4c3C23CCC(NC(=O)C2CC2)C(C4)C3CC1(C)C=O. The fourth-order valence-electron chi connectivity index (χ4n) is 8.00. The molecule has 1 N–H and O–H groups in total. The average molecular weight is 452 g/mol. The van der Waals surface area contributed by atoms with Crippen LogP contribution in [0, 0.1) is 23.2 Å². The van der Waals surface area contributed by atoms with Gasteiger partial charge in [-0.15, -0.1) is 6.58 Å². The minimum absolute atomic E-state index is 0.114. The van der Waals surface area contributed by atoms with Crippen molar-refractivity contribution in [2.45, 2.75) is 68.6 Å². The number of hydrogen-bond donors (Lipinski definition) is 1. The maximum absolute atomic E-state index is 12.7. The molecule has 0 aromatic heterocycles. The van der Waals surface area contributed by atoms with Crippen molar-refractivity contribution in [3.05, 3.63) is 35.9 Å². The summed E-state index contributed by atoms with van der Waals surface area (Å²) in [5.74, 6) is 2.34. The van der Waals surface area contributed by atoms with Crippen molar-refractivity contribution in [3.63, 3.8) is 0 Å². The minimum Gasteiger partial charge on any atom is -0.493 e. The third kappa shape index (κ3) is 2.43. The van der Waals surface area contributed by atoms with E-state index in [0.717, 1.165) is 49.9 Å². The summed E-state index contributed by atoms with van der Waals surface area (Å²) in [6.07, 6.45) is 7.75.